The number of amidine groups is 1. The first-order valence-corrected chi connectivity index (χ1v) is 10.7. The summed E-state index contributed by atoms with van der Waals surface area (Å²) in [6.45, 7) is -1.67. The van der Waals surface area contributed by atoms with Crippen LogP contribution in [0.2, 0.25) is 0 Å². The Labute approximate surface area is 182 Å². The number of nitrogens with one attached hydrogen (secondary N) is 1. The zero-order valence-electron chi connectivity index (χ0n) is 17.2. The second kappa shape index (κ2) is 8.10. The number of carbonyl (C=O) groups is 1. The lowest BCUT2D eigenvalue weighted by molar-refractivity contribution is -0.147. The monoisotopic (exact) mass is 446 g/mol. The van der Waals surface area contributed by atoms with E-state index >= 15 is 0 Å². The van der Waals surface area contributed by atoms with E-state index in [1.807, 2.05) is 9.80 Å². The molecule has 5 rings (SSSR count). The predicted octanol–water partition coefficient (Wildman–Crippen LogP) is 3.04. The number of likely N-dealkylation sites (tertiary alicyclic amines) is 1. The molecule has 4 heterocycles. The number of halogens is 3. The lowest BCUT2D eigenvalue weighted by atomic mass is 9.81. The fraction of sp³-hybridized carbons (Fsp3) is 0.524. The third-order valence-corrected chi connectivity index (χ3v) is 6.78. The van der Waals surface area contributed by atoms with Crippen molar-refractivity contribution in [3.63, 3.8) is 0 Å². The van der Waals surface area contributed by atoms with Crippen LogP contribution in [0.25, 0.3) is 16.5 Å². The van der Waals surface area contributed by atoms with Gasteiger partial charge in [-0.2, -0.15) is 13.9 Å². The van der Waals surface area contributed by atoms with Crippen molar-refractivity contribution in [1.82, 2.24) is 24.6 Å². The van der Waals surface area contributed by atoms with Crippen molar-refractivity contribution < 1.29 is 18.0 Å². The van der Waals surface area contributed by atoms with Crippen LogP contribution >= 0.6 is 0 Å². The first-order chi connectivity index (χ1) is 15.5. The molecule has 1 amide bonds. The third-order valence-electron chi connectivity index (χ3n) is 6.78. The van der Waals surface area contributed by atoms with E-state index < -0.39 is 18.6 Å². The summed E-state index contributed by atoms with van der Waals surface area (Å²) in [6.07, 6.45) is 6.72. The van der Waals surface area contributed by atoms with Crippen molar-refractivity contribution >= 4 is 18.1 Å². The van der Waals surface area contributed by atoms with Crippen LogP contribution < -0.4 is 0 Å². The van der Waals surface area contributed by atoms with Gasteiger partial charge in [0.25, 0.3) is 0 Å². The lowest BCUT2D eigenvalue weighted by Gasteiger charge is -2.46. The number of hydrogen-bond acceptors (Lipinski definition) is 2. The number of carbonyl (C=O) groups excluding carboxylic acids is 1. The molecule has 0 radical (unpaired) electrons. The molecule has 4 atom stereocenters. The van der Waals surface area contributed by atoms with Crippen LogP contribution in [-0.4, -0.2) is 74.0 Å². The summed E-state index contributed by atoms with van der Waals surface area (Å²) in [5, 5.41) is 13.0. The Kier molecular flexibility index (Phi) is 5.26. The van der Waals surface area contributed by atoms with Crippen LogP contribution in [0.15, 0.2) is 29.6 Å². The van der Waals surface area contributed by atoms with Gasteiger partial charge in [-0.3, -0.25) is 4.79 Å². The molecule has 2 saturated heterocycles. The molecule has 1 aliphatic carbocycles. The number of aromatic amines is 1. The van der Waals surface area contributed by atoms with Gasteiger partial charge < -0.3 is 25.2 Å². The molecule has 3 fully saturated rings. The molecule has 170 valence electrons. The minimum atomic E-state index is -2.72. The molecule has 8 nitrogen and oxygen atoms in total. The van der Waals surface area contributed by atoms with E-state index in [1.54, 1.807) is 12.3 Å². The number of alkyl halides is 3. The number of H-pyrrole nitrogens is 1. The van der Waals surface area contributed by atoms with Crippen molar-refractivity contribution in [2.45, 2.75) is 50.5 Å². The van der Waals surface area contributed by atoms with Crippen LogP contribution in [0.1, 0.15) is 37.9 Å². The van der Waals surface area contributed by atoms with Crippen LogP contribution in [0, 0.1) is 5.92 Å². The molecule has 32 heavy (non-hydrogen) atoms. The molecule has 2 bridgehead atoms. The Morgan fingerprint density at radius 3 is 2.53 bits per heavy atom. The Balaban J connectivity index is 1.35. The molecule has 2 aromatic rings. The lowest BCUT2D eigenvalue weighted by Crippen LogP contribution is -2.60. The Hall–Kier alpha value is -3.11. The largest absolute Gasteiger partial charge is 0.472 e. The van der Waals surface area contributed by atoms with E-state index in [1.165, 1.54) is 12.4 Å². The van der Waals surface area contributed by atoms with Gasteiger partial charge in [0.2, 0.25) is 5.91 Å². The Morgan fingerprint density at radius 1 is 1.22 bits per heavy atom. The number of fused-ring (bicyclic) bond motifs is 2. The molecule has 3 aliphatic rings. The zero-order valence-corrected chi connectivity index (χ0v) is 17.2. The molecule has 11 heteroatoms. The Morgan fingerprint density at radius 2 is 1.97 bits per heavy atom. The highest BCUT2D eigenvalue weighted by atomic mass is 19.3. The van der Waals surface area contributed by atoms with Gasteiger partial charge in [0.15, 0.2) is 0 Å². The van der Waals surface area contributed by atoms with Crippen molar-refractivity contribution in [1.29, 1.82) is 0 Å². The number of rotatable bonds is 5. The van der Waals surface area contributed by atoms with Crippen molar-refractivity contribution in [2.24, 2.45) is 10.9 Å². The third kappa shape index (κ3) is 3.49. The molecule has 0 spiro atoms. The van der Waals surface area contributed by atoms with Gasteiger partial charge in [0.1, 0.15) is 6.17 Å². The number of aromatic nitrogens is 3. The highest BCUT2D eigenvalue weighted by molar-refractivity contribution is 6.02. The molecule has 2 aromatic heterocycles. The maximum atomic E-state index is 13.8. The second-order valence-electron chi connectivity index (χ2n) is 8.59. The molecule has 4 unspecified atom stereocenters. The fourth-order valence-corrected chi connectivity index (χ4v) is 5.02. The minimum Gasteiger partial charge on any atom is -0.472 e. The topological polar surface area (TPSA) is 91.8 Å². The number of hydrogen-bond donors (Lipinski definition) is 1. The molecular formula is C21H23F3N7O-. The summed E-state index contributed by atoms with van der Waals surface area (Å²) in [5.41, 5.74) is 1.79. The average Bonchev–Trinajstić information content (AvgIpc) is 3.48. The number of piperazine rings is 1. The van der Waals surface area contributed by atoms with E-state index in [0.717, 1.165) is 12.8 Å². The van der Waals surface area contributed by atoms with E-state index in [9.17, 15) is 23.4 Å². The van der Waals surface area contributed by atoms with Gasteiger partial charge in [-0.1, -0.05) is 0 Å². The van der Waals surface area contributed by atoms with E-state index in [2.05, 4.69) is 15.1 Å². The SMILES string of the molecule is [N-]=CN=C(c1cc(-c2cnn(C(F)F)c2)c[nH]1)N1CC2CCC(C1)N2C(=O)C1CCC1F. The highest BCUT2D eigenvalue weighted by Crippen LogP contribution is 2.38. The van der Waals surface area contributed by atoms with Crippen LogP contribution in [0.5, 0.6) is 0 Å². The van der Waals surface area contributed by atoms with Gasteiger partial charge in [-0.15, -0.1) is 6.34 Å². The van der Waals surface area contributed by atoms with E-state index in [-0.39, 0.29) is 18.0 Å². The maximum absolute atomic E-state index is 13.8. The highest BCUT2D eigenvalue weighted by Gasteiger charge is 2.48. The summed E-state index contributed by atoms with van der Waals surface area (Å²) in [4.78, 5) is 24.0. The normalized spacial score (nSPS) is 27.7. The molecule has 1 N–H and O–H groups in total. The quantitative estimate of drug-likeness (QED) is 0.565. The van der Waals surface area contributed by atoms with Gasteiger partial charge in [-0.25, -0.2) is 9.07 Å². The summed E-state index contributed by atoms with van der Waals surface area (Å²) in [6, 6.07) is 1.70. The van der Waals surface area contributed by atoms with Gasteiger partial charge >= 0.3 is 6.55 Å². The number of nitrogens with zero attached hydrogens (tertiary/aromatic N) is 6. The number of amides is 1. The zero-order chi connectivity index (χ0) is 22.4. The molecule has 0 aromatic carbocycles. The smallest absolute Gasteiger partial charge is 0.333 e. The van der Waals surface area contributed by atoms with Crippen LogP contribution in [0.4, 0.5) is 13.2 Å². The van der Waals surface area contributed by atoms with Gasteiger partial charge in [0, 0.05) is 54.5 Å². The summed E-state index contributed by atoms with van der Waals surface area (Å²) < 4.78 is 40.0. The fourth-order valence-electron chi connectivity index (χ4n) is 5.02. The second-order valence-corrected chi connectivity index (χ2v) is 8.59. The first-order valence-electron chi connectivity index (χ1n) is 10.7. The minimum absolute atomic E-state index is 0.0309. The average molecular weight is 446 g/mol. The van der Waals surface area contributed by atoms with Crippen molar-refractivity contribution in [3.05, 3.63) is 35.8 Å². The van der Waals surface area contributed by atoms with E-state index in [4.69, 9.17) is 0 Å². The molecule has 1 saturated carbocycles. The standard InChI is InChI=1S/C21H23F3N7O/c22-17-4-3-16(17)20(32)31-14-1-2-15(31)10-29(9-14)19(27-11-25)18-5-12(6-26-18)13-7-28-30(8-13)21(23)24/h5-8,11,14-17,21,26H,1-4,9-10H2/q-1. The maximum Gasteiger partial charge on any atom is 0.333 e. The Bertz CT molecular complexity index is 1030. The van der Waals surface area contributed by atoms with Crippen molar-refractivity contribution in [2.75, 3.05) is 13.1 Å². The van der Waals surface area contributed by atoms with Crippen LogP contribution in [0.3, 0.4) is 0 Å². The van der Waals surface area contributed by atoms with E-state index in [0.29, 0.717) is 59.6 Å². The first kappa shape index (κ1) is 20.8. The van der Waals surface area contributed by atoms with Crippen molar-refractivity contribution in [3.8, 4) is 11.1 Å². The summed E-state index contributed by atoms with van der Waals surface area (Å²) >= 11 is 0. The van der Waals surface area contributed by atoms with Gasteiger partial charge in [0.05, 0.1) is 17.8 Å². The van der Waals surface area contributed by atoms with Gasteiger partial charge in [-0.05, 0) is 31.7 Å². The number of aliphatic imine (C=N–C) groups is 1. The van der Waals surface area contributed by atoms with Crippen LogP contribution in [-0.2, 0) is 4.79 Å². The predicted molar refractivity (Wildman–Crippen MR) is 112 cm³/mol. The molecular weight excluding hydrogens is 423 g/mol. The summed E-state index contributed by atoms with van der Waals surface area (Å²) in [7, 11) is 0. The molecule has 2 aliphatic heterocycles. The summed E-state index contributed by atoms with van der Waals surface area (Å²) in [5.74, 6) is -0.0963.